The Labute approximate surface area is 139 Å². The van der Waals surface area contributed by atoms with Crippen molar-refractivity contribution in [3.8, 4) is 0 Å². The smallest absolute Gasteiger partial charge is 0.239 e. The standard InChI is InChI=1S/C17H26N2O2.ClH/c1-12-6-5-7-14(10-12)17(3,4)11-19-16(20)15-13(2)21-9-8-18-15;/h5-7,10,13,15,18H,8-9,11H2,1-4H3,(H,19,20);1H/t13-,15+;/m1./s1. The van der Waals surface area contributed by atoms with E-state index in [0.717, 1.165) is 6.54 Å². The van der Waals surface area contributed by atoms with E-state index in [0.29, 0.717) is 13.2 Å². The zero-order chi connectivity index (χ0) is 15.5. The molecule has 0 saturated carbocycles. The number of carbonyl (C=O) groups is 1. The van der Waals surface area contributed by atoms with Gasteiger partial charge in [0.2, 0.25) is 5.91 Å². The SMILES string of the molecule is Cc1cccc(C(C)(C)CNC(=O)[C@H]2NCCO[C@@H]2C)c1.Cl. The lowest BCUT2D eigenvalue weighted by atomic mass is 9.84. The second kappa shape index (κ2) is 7.95. The summed E-state index contributed by atoms with van der Waals surface area (Å²) < 4.78 is 5.52. The van der Waals surface area contributed by atoms with Crippen molar-refractivity contribution >= 4 is 18.3 Å². The number of benzene rings is 1. The van der Waals surface area contributed by atoms with Gasteiger partial charge < -0.3 is 15.4 Å². The van der Waals surface area contributed by atoms with Crippen LogP contribution in [0.5, 0.6) is 0 Å². The largest absolute Gasteiger partial charge is 0.375 e. The van der Waals surface area contributed by atoms with Crippen LogP contribution in [0.15, 0.2) is 24.3 Å². The van der Waals surface area contributed by atoms with E-state index in [2.05, 4.69) is 55.7 Å². The molecule has 124 valence electrons. The summed E-state index contributed by atoms with van der Waals surface area (Å²) in [6.45, 7) is 10.3. The fraction of sp³-hybridized carbons (Fsp3) is 0.588. The van der Waals surface area contributed by atoms with Crippen LogP contribution in [0, 0.1) is 6.92 Å². The average molecular weight is 327 g/mol. The predicted octanol–water partition coefficient (Wildman–Crippen LogP) is 2.19. The molecule has 1 amide bonds. The van der Waals surface area contributed by atoms with Crippen LogP contribution in [0.2, 0.25) is 0 Å². The van der Waals surface area contributed by atoms with E-state index in [9.17, 15) is 4.79 Å². The first-order valence-corrected chi connectivity index (χ1v) is 7.60. The number of aryl methyl sites for hydroxylation is 1. The summed E-state index contributed by atoms with van der Waals surface area (Å²) in [5.41, 5.74) is 2.38. The van der Waals surface area contributed by atoms with Gasteiger partial charge in [0.05, 0.1) is 12.7 Å². The molecular weight excluding hydrogens is 300 g/mol. The summed E-state index contributed by atoms with van der Waals surface area (Å²) >= 11 is 0. The van der Waals surface area contributed by atoms with E-state index in [-0.39, 0.29) is 35.9 Å². The number of rotatable bonds is 4. The van der Waals surface area contributed by atoms with Crippen LogP contribution in [0.3, 0.4) is 0 Å². The quantitative estimate of drug-likeness (QED) is 0.891. The molecule has 1 aliphatic rings. The Kier molecular flexibility index (Phi) is 6.85. The molecule has 1 aliphatic heterocycles. The van der Waals surface area contributed by atoms with Crippen molar-refractivity contribution < 1.29 is 9.53 Å². The van der Waals surface area contributed by atoms with Crippen LogP contribution in [-0.2, 0) is 14.9 Å². The summed E-state index contributed by atoms with van der Waals surface area (Å²) in [4.78, 5) is 12.3. The third-order valence-corrected chi connectivity index (χ3v) is 4.10. The number of carbonyl (C=O) groups excluding carboxylic acids is 1. The third-order valence-electron chi connectivity index (χ3n) is 4.10. The van der Waals surface area contributed by atoms with Crippen molar-refractivity contribution in [2.24, 2.45) is 0 Å². The van der Waals surface area contributed by atoms with Gasteiger partial charge in [-0.3, -0.25) is 4.79 Å². The van der Waals surface area contributed by atoms with Crippen LogP contribution in [0.25, 0.3) is 0 Å². The summed E-state index contributed by atoms with van der Waals surface area (Å²) in [6, 6.07) is 8.18. The van der Waals surface area contributed by atoms with Crippen molar-refractivity contribution in [2.45, 2.75) is 45.3 Å². The van der Waals surface area contributed by atoms with Gasteiger partial charge in [0, 0.05) is 18.5 Å². The molecule has 22 heavy (non-hydrogen) atoms. The Hall–Kier alpha value is -1.10. The minimum absolute atomic E-state index is 0. The second-order valence-electron chi connectivity index (χ2n) is 6.48. The molecule has 1 heterocycles. The van der Waals surface area contributed by atoms with Gasteiger partial charge in [-0.1, -0.05) is 43.7 Å². The van der Waals surface area contributed by atoms with Gasteiger partial charge in [0.25, 0.3) is 0 Å². The molecule has 0 bridgehead atoms. The van der Waals surface area contributed by atoms with E-state index in [1.165, 1.54) is 11.1 Å². The molecule has 1 fully saturated rings. The molecule has 5 heteroatoms. The van der Waals surface area contributed by atoms with Gasteiger partial charge in [-0.25, -0.2) is 0 Å². The van der Waals surface area contributed by atoms with Gasteiger partial charge in [0.1, 0.15) is 6.04 Å². The number of morpholine rings is 1. The van der Waals surface area contributed by atoms with Gasteiger partial charge in [-0.05, 0) is 19.4 Å². The van der Waals surface area contributed by atoms with E-state index < -0.39 is 0 Å². The molecule has 2 N–H and O–H groups in total. The third kappa shape index (κ3) is 4.70. The second-order valence-corrected chi connectivity index (χ2v) is 6.48. The zero-order valence-electron chi connectivity index (χ0n) is 13.8. The van der Waals surface area contributed by atoms with Crippen molar-refractivity contribution in [3.05, 3.63) is 35.4 Å². The van der Waals surface area contributed by atoms with E-state index in [1.807, 2.05) is 6.92 Å². The van der Waals surface area contributed by atoms with Crippen LogP contribution >= 0.6 is 12.4 Å². The maximum Gasteiger partial charge on any atom is 0.239 e. The highest BCUT2D eigenvalue weighted by molar-refractivity contribution is 5.85. The first kappa shape index (κ1) is 18.9. The van der Waals surface area contributed by atoms with Gasteiger partial charge >= 0.3 is 0 Å². The number of hydrogen-bond acceptors (Lipinski definition) is 3. The maximum atomic E-state index is 12.3. The Morgan fingerprint density at radius 1 is 1.45 bits per heavy atom. The Balaban J connectivity index is 0.00000242. The number of amides is 1. The van der Waals surface area contributed by atoms with Gasteiger partial charge in [-0.15, -0.1) is 12.4 Å². The number of ether oxygens (including phenoxy) is 1. The molecule has 0 aliphatic carbocycles. The Morgan fingerprint density at radius 2 is 2.18 bits per heavy atom. The van der Waals surface area contributed by atoms with E-state index in [4.69, 9.17) is 4.74 Å². The van der Waals surface area contributed by atoms with Gasteiger partial charge in [-0.2, -0.15) is 0 Å². The first-order valence-electron chi connectivity index (χ1n) is 7.60. The van der Waals surface area contributed by atoms with E-state index in [1.54, 1.807) is 0 Å². The van der Waals surface area contributed by atoms with Crippen molar-refractivity contribution in [1.29, 1.82) is 0 Å². The highest BCUT2D eigenvalue weighted by Crippen LogP contribution is 2.23. The van der Waals surface area contributed by atoms with Crippen LogP contribution in [0.1, 0.15) is 31.9 Å². The minimum atomic E-state index is -0.257. The monoisotopic (exact) mass is 326 g/mol. The molecule has 1 aromatic rings. The molecule has 2 atom stereocenters. The lowest BCUT2D eigenvalue weighted by Gasteiger charge is -2.31. The molecule has 0 spiro atoms. The number of hydrogen-bond donors (Lipinski definition) is 2. The molecule has 1 saturated heterocycles. The molecule has 0 unspecified atom stereocenters. The van der Waals surface area contributed by atoms with Crippen molar-refractivity contribution in [2.75, 3.05) is 19.7 Å². The summed E-state index contributed by atoms with van der Waals surface area (Å²) in [5, 5.41) is 6.28. The fourth-order valence-corrected chi connectivity index (χ4v) is 2.61. The van der Waals surface area contributed by atoms with Crippen LogP contribution in [0.4, 0.5) is 0 Å². The highest BCUT2D eigenvalue weighted by atomic mass is 35.5. The molecule has 2 rings (SSSR count). The summed E-state index contributed by atoms with van der Waals surface area (Å²) in [7, 11) is 0. The first-order chi connectivity index (χ1) is 9.90. The highest BCUT2D eigenvalue weighted by Gasteiger charge is 2.30. The number of halogens is 1. The zero-order valence-corrected chi connectivity index (χ0v) is 14.6. The summed E-state index contributed by atoms with van der Waals surface area (Å²) in [6.07, 6.45) is -0.0826. The van der Waals surface area contributed by atoms with Crippen LogP contribution in [-0.4, -0.2) is 37.7 Å². The molecule has 1 aromatic carbocycles. The average Bonchev–Trinajstić information content (AvgIpc) is 2.45. The molecule has 0 radical (unpaired) electrons. The predicted molar refractivity (Wildman–Crippen MR) is 91.7 cm³/mol. The van der Waals surface area contributed by atoms with Crippen molar-refractivity contribution in [3.63, 3.8) is 0 Å². The maximum absolute atomic E-state index is 12.3. The topological polar surface area (TPSA) is 50.4 Å². The minimum Gasteiger partial charge on any atom is -0.375 e. The molecular formula is C17H27ClN2O2. The van der Waals surface area contributed by atoms with Crippen LogP contribution < -0.4 is 10.6 Å². The lowest BCUT2D eigenvalue weighted by molar-refractivity contribution is -0.129. The van der Waals surface area contributed by atoms with Gasteiger partial charge in [0.15, 0.2) is 0 Å². The lowest BCUT2D eigenvalue weighted by Crippen LogP contribution is -2.56. The van der Waals surface area contributed by atoms with Crippen molar-refractivity contribution in [1.82, 2.24) is 10.6 Å². The Bertz CT molecular complexity index is 505. The molecule has 4 nitrogen and oxygen atoms in total. The Morgan fingerprint density at radius 3 is 2.82 bits per heavy atom. The van der Waals surface area contributed by atoms with E-state index >= 15 is 0 Å². The number of nitrogens with one attached hydrogen (secondary N) is 2. The fourth-order valence-electron chi connectivity index (χ4n) is 2.61. The normalized spacial score (nSPS) is 21.8. The molecule has 0 aromatic heterocycles. The summed E-state index contributed by atoms with van der Waals surface area (Å²) in [5.74, 6) is 0.0166.